The normalized spacial score (nSPS) is 14.5. The fourth-order valence-electron chi connectivity index (χ4n) is 3.82. The van der Waals surface area contributed by atoms with E-state index in [4.69, 9.17) is 4.74 Å². The third kappa shape index (κ3) is 5.38. The van der Waals surface area contributed by atoms with Gasteiger partial charge in [0.05, 0.1) is 17.8 Å². The molecule has 0 saturated heterocycles. The summed E-state index contributed by atoms with van der Waals surface area (Å²) in [7, 11) is -5.77. The van der Waals surface area contributed by atoms with Gasteiger partial charge in [-0.05, 0) is 66.4 Å². The van der Waals surface area contributed by atoms with Crippen molar-refractivity contribution in [3.63, 3.8) is 0 Å². The Hall–Kier alpha value is -2.88. The Morgan fingerprint density at radius 2 is 1.61 bits per heavy atom. The van der Waals surface area contributed by atoms with Crippen molar-refractivity contribution in [3.05, 3.63) is 89.0 Å². The number of rotatable bonds is 7. The Kier molecular flexibility index (Phi) is 6.47. The van der Waals surface area contributed by atoms with Crippen LogP contribution in [0.15, 0.2) is 71.6 Å². The van der Waals surface area contributed by atoms with Gasteiger partial charge in [0, 0.05) is 18.8 Å². The van der Waals surface area contributed by atoms with Crippen LogP contribution in [0.3, 0.4) is 0 Å². The largest absolute Gasteiger partial charge is 0.497 e. The molecule has 0 unspecified atom stereocenters. The molecular formula is C24H26N2O5S2. The Balaban J connectivity index is 1.51. The Morgan fingerprint density at radius 1 is 0.909 bits per heavy atom. The van der Waals surface area contributed by atoms with Gasteiger partial charge in [0.2, 0.25) is 20.0 Å². The van der Waals surface area contributed by atoms with E-state index in [0.717, 1.165) is 16.7 Å². The van der Waals surface area contributed by atoms with Crippen molar-refractivity contribution in [1.29, 1.82) is 0 Å². The van der Waals surface area contributed by atoms with E-state index in [-0.39, 0.29) is 17.2 Å². The Labute approximate surface area is 195 Å². The lowest BCUT2D eigenvalue weighted by Gasteiger charge is -2.28. The van der Waals surface area contributed by atoms with E-state index in [1.807, 2.05) is 25.1 Å². The van der Waals surface area contributed by atoms with Crippen LogP contribution in [0.25, 0.3) is 0 Å². The molecule has 0 spiro atoms. The Bertz CT molecular complexity index is 1350. The molecule has 9 heteroatoms. The number of ether oxygens (including phenoxy) is 1. The minimum Gasteiger partial charge on any atom is -0.497 e. The highest BCUT2D eigenvalue weighted by Crippen LogP contribution is 2.28. The molecule has 1 N–H and O–H groups in total. The summed E-state index contributed by atoms with van der Waals surface area (Å²) in [6.45, 7) is 2.48. The SMILES string of the molecule is COc1ccc(S(=O)(=O)N2CCc3ccc(NS(=O)(=O)Cc4ccc(C)cc4)cc3C2)cc1. The molecule has 4 rings (SSSR count). The van der Waals surface area contributed by atoms with Crippen molar-refractivity contribution in [2.75, 3.05) is 18.4 Å². The second-order valence-electron chi connectivity index (χ2n) is 8.09. The summed E-state index contributed by atoms with van der Waals surface area (Å²) in [5, 5.41) is 0. The van der Waals surface area contributed by atoms with E-state index in [0.29, 0.717) is 30.0 Å². The zero-order valence-corrected chi connectivity index (χ0v) is 20.1. The average molecular weight is 487 g/mol. The molecule has 1 aliphatic rings. The van der Waals surface area contributed by atoms with Gasteiger partial charge in [-0.15, -0.1) is 0 Å². The van der Waals surface area contributed by atoms with Crippen LogP contribution in [-0.2, 0) is 38.8 Å². The summed E-state index contributed by atoms with van der Waals surface area (Å²) in [5.41, 5.74) is 3.98. The highest BCUT2D eigenvalue weighted by Gasteiger charge is 2.28. The Morgan fingerprint density at radius 3 is 2.27 bits per heavy atom. The predicted octanol–water partition coefficient (Wildman–Crippen LogP) is 3.69. The van der Waals surface area contributed by atoms with Crippen molar-refractivity contribution >= 4 is 25.7 Å². The minimum absolute atomic E-state index is 0.137. The summed E-state index contributed by atoms with van der Waals surface area (Å²) in [6.07, 6.45) is 0.557. The third-order valence-electron chi connectivity index (χ3n) is 5.63. The maximum Gasteiger partial charge on any atom is 0.243 e. The lowest BCUT2D eigenvalue weighted by molar-refractivity contribution is 0.391. The molecule has 33 heavy (non-hydrogen) atoms. The van der Waals surface area contributed by atoms with E-state index >= 15 is 0 Å². The number of anilines is 1. The van der Waals surface area contributed by atoms with Gasteiger partial charge in [0.15, 0.2) is 0 Å². The lowest BCUT2D eigenvalue weighted by Crippen LogP contribution is -2.36. The van der Waals surface area contributed by atoms with Gasteiger partial charge >= 0.3 is 0 Å². The van der Waals surface area contributed by atoms with Crippen LogP contribution < -0.4 is 9.46 Å². The number of hydrogen-bond donors (Lipinski definition) is 1. The van der Waals surface area contributed by atoms with Crippen molar-refractivity contribution in [2.24, 2.45) is 0 Å². The summed E-state index contributed by atoms with van der Waals surface area (Å²) in [4.78, 5) is 0.196. The molecule has 0 radical (unpaired) electrons. The molecule has 3 aromatic rings. The van der Waals surface area contributed by atoms with E-state index in [2.05, 4.69) is 4.72 Å². The molecule has 0 bridgehead atoms. The van der Waals surface area contributed by atoms with Crippen LogP contribution >= 0.6 is 0 Å². The van der Waals surface area contributed by atoms with Gasteiger partial charge in [0.1, 0.15) is 5.75 Å². The monoisotopic (exact) mass is 486 g/mol. The van der Waals surface area contributed by atoms with Crippen LogP contribution in [-0.4, -0.2) is 34.8 Å². The molecule has 7 nitrogen and oxygen atoms in total. The second-order valence-corrected chi connectivity index (χ2v) is 11.8. The van der Waals surface area contributed by atoms with Gasteiger partial charge in [-0.3, -0.25) is 4.72 Å². The van der Waals surface area contributed by atoms with Gasteiger partial charge in [-0.25, -0.2) is 16.8 Å². The molecular weight excluding hydrogens is 460 g/mol. The standard InChI is InChI=1S/C24H26N2O5S2/c1-18-3-5-19(6-4-18)17-32(27,28)25-22-8-7-20-13-14-26(16-21(20)15-22)33(29,30)24-11-9-23(31-2)10-12-24/h3-12,15,25H,13-14,16-17H2,1-2H3. The summed E-state index contributed by atoms with van der Waals surface area (Å²) >= 11 is 0. The topological polar surface area (TPSA) is 92.8 Å². The van der Waals surface area contributed by atoms with E-state index in [1.165, 1.54) is 23.5 Å². The van der Waals surface area contributed by atoms with Crippen LogP contribution in [0.4, 0.5) is 5.69 Å². The van der Waals surface area contributed by atoms with E-state index in [9.17, 15) is 16.8 Å². The molecule has 1 aliphatic heterocycles. The highest BCUT2D eigenvalue weighted by atomic mass is 32.2. The third-order valence-corrected chi connectivity index (χ3v) is 8.75. The molecule has 0 fully saturated rings. The van der Waals surface area contributed by atoms with Gasteiger partial charge in [-0.2, -0.15) is 4.31 Å². The summed E-state index contributed by atoms with van der Waals surface area (Å²) in [6, 6.07) is 18.9. The smallest absolute Gasteiger partial charge is 0.243 e. The number of hydrogen-bond acceptors (Lipinski definition) is 5. The number of nitrogens with zero attached hydrogens (tertiary/aromatic N) is 1. The molecule has 0 amide bonds. The molecule has 0 aromatic heterocycles. The fraction of sp³-hybridized carbons (Fsp3) is 0.250. The van der Waals surface area contributed by atoms with Gasteiger partial charge in [0.25, 0.3) is 0 Å². The molecule has 174 valence electrons. The van der Waals surface area contributed by atoms with Crippen molar-refractivity contribution in [2.45, 2.75) is 30.5 Å². The zero-order valence-electron chi connectivity index (χ0n) is 18.5. The molecule has 3 aromatic carbocycles. The first kappa shape index (κ1) is 23.3. The first-order valence-electron chi connectivity index (χ1n) is 10.5. The van der Waals surface area contributed by atoms with Crippen molar-refractivity contribution < 1.29 is 21.6 Å². The average Bonchev–Trinajstić information content (AvgIpc) is 2.79. The molecule has 0 atom stereocenters. The number of benzene rings is 3. The summed E-state index contributed by atoms with van der Waals surface area (Å²) in [5.74, 6) is 0.447. The van der Waals surface area contributed by atoms with E-state index < -0.39 is 20.0 Å². The minimum atomic E-state index is -3.68. The number of aryl methyl sites for hydroxylation is 1. The molecule has 1 heterocycles. The van der Waals surface area contributed by atoms with Crippen LogP contribution in [0.1, 0.15) is 22.3 Å². The first-order valence-corrected chi connectivity index (χ1v) is 13.6. The summed E-state index contributed by atoms with van der Waals surface area (Å²) < 4.78 is 60.7. The number of nitrogens with one attached hydrogen (secondary N) is 1. The predicted molar refractivity (Wildman–Crippen MR) is 128 cm³/mol. The molecule has 0 aliphatic carbocycles. The van der Waals surface area contributed by atoms with Gasteiger partial charge in [-0.1, -0.05) is 35.9 Å². The first-order chi connectivity index (χ1) is 15.7. The molecule has 0 saturated carbocycles. The number of methoxy groups -OCH3 is 1. The quantitative estimate of drug-likeness (QED) is 0.550. The van der Waals surface area contributed by atoms with Crippen LogP contribution in [0, 0.1) is 6.92 Å². The fourth-order valence-corrected chi connectivity index (χ4v) is 6.42. The van der Waals surface area contributed by atoms with Crippen molar-refractivity contribution in [1.82, 2.24) is 4.31 Å². The van der Waals surface area contributed by atoms with E-state index in [1.54, 1.807) is 36.4 Å². The lowest BCUT2D eigenvalue weighted by atomic mass is 10.0. The van der Waals surface area contributed by atoms with Gasteiger partial charge < -0.3 is 4.74 Å². The number of fused-ring (bicyclic) bond motifs is 1. The van der Waals surface area contributed by atoms with Crippen molar-refractivity contribution in [3.8, 4) is 5.75 Å². The zero-order chi connectivity index (χ0) is 23.6. The highest BCUT2D eigenvalue weighted by molar-refractivity contribution is 7.91. The van der Waals surface area contributed by atoms with Crippen LogP contribution in [0.2, 0.25) is 0 Å². The second kappa shape index (κ2) is 9.17. The maximum absolute atomic E-state index is 13.1. The van der Waals surface area contributed by atoms with Crippen LogP contribution in [0.5, 0.6) is 5.75 Å². The maximum atomic E-state index is 13.1. The number of sulfonamides is 2.